The maximum Gasteiger partial charge on any atom is 0.119 e. The molecular weight excluding hydrogens is 302 g/mol. The number of likely N-dealkylation sites (N-methyl/N-ethyl adjacent to an activating group) is 1. The van der Waals surface area contributed by atoms with Crippen LogP contribution in [0.4, 0.5) is 0 Å². The fourth-order valence-corrected chi connectivity index (χ4v) is 1.74. The summed E-state index contributed by atoms with van der Waals surface area (Å²) in [6.07, 6.45) is 0. The van der Waals surface area contributed by atoms with Crippen molar-refractivity contribution in [2.75, 3.05) is 27.2 Å². The second-order valence-corrected chi connectivity index (χ2v) is 4.55. The lowest BCUT2D eigenvalue weighted by atomic mass is 10.1. The molecule has 2 nitrogen and oxygen atoms in total. The maximum absolute atomic E-state index is 5.74. The highest BCUT2D eigenvalue weighted by molar-refractivity contribution is 8.93. The van der Waals surface area contributed by atoms with Crippen molar-refractivity contribution in [3.05, 3.63) is 54.6 Å². The van der Waals surface area contributed by atoms with Gasteiger partial charge in [0.1, 0.15) is 12.4 Å². The predicted octanol–water partition coefficient (Wildman–Crippen LogP) is 3.87. The molecule has 2 aromatic carbocycles. The summed E-state index contributed by atoms with van der Waals surface area (Å²) in [5.74, 6) is 0.929. The normalized spacial score (nSPS) is 10.1. The molecular formula is C16H20BrNO. The Balaban J connectivity index is 0.00000180. The Morgan fingerprint density at radius 2 is 1.58 bits per heavy atom. The van der Waals surface area contributed by atoms with Gasteiger partial charge in [0.05, 0.1) is 0 Å². The van der Waals surface area contributed by atoms with Crippen molar-refractivity contribution in [2.45, 2.75) is 0 Å². The van der Waals surface area contributed by atoms with Gasteiger partial charge in [-0.25, -0.2) is 0 Å². The molecule has 0 saturated carbocycles. The first-order chi connectivity index (χ1) is 8.75. The summed E-state index contributed by atoms with van der Waals surface area (Å²) in [5.41, 5.74) is 2.41. The summed E-state index contributed by atoms with van der Waals surface area (Å²) in [7, 11) is 4.09. The van der Waals surface area contributed by atoms with Gasteiger partial charge in [-0.3, -0.25) is 0 Å². The Morgan fingerprint density at radius 3 is 2.26 bits per heavy atom. The molecule has 2 rings (SSSR count). The van der Waals surface area contributed by atoms with Gasteiger partial charge in [-0.05, 0) is 37.4 Å². The molecule has 0 aliphatic rings. The molecule has 0 radical (unpaired) electrons. The van der Waals surface area contributed by atoms with Crippen LogP contribution in [-0.4, -0.2) is 32.1 Å². The van der Waals surface area contributed by atoms with Crippen LogP contribution in [0, 0.1) is 0 Å². The molecule has 3 heteroatoms. The smallest absolute Gasteiger partial charge is 0.119 e. The van der Waals surface area contributed by atoms with Crippen LogP contribution in [0.5, 0.6) is 5.75 Å². The summed E-state index contributed by atoms with van der Waals surface area (Å²) in [6, 6.07) is 18.6. The number of nitrogens with zero attached hydrogens (tertiary/aromatic N) is 1. The molecule has 0 N–H and O–H groups in total. The van der Waals surface area contributed by atoms with E-state index in [0.717, 1.165) is 12.3 Å². The van der Waals surface area contributed by atoms with Crippen LogP contribution in [0.1, 0.15) is 0 Å². The van der Waals surface area contributed by atoms with Gasteiger partial charge in [-0.15, -0.1) is 17.0 Å². The van der Waals surface area contributed by atoms with Gasteiger partial charge in [0.2, 0.25) is 0 Å². The lowest BCUT2D eigenvalue weighted by molar-refractivity contribution is 0.261. The summed E-state index contributed by atoms with van der Waals surface area (Å²) in [4.78, 5) is 2.11. The highest BCUT2D eigenvalue weighted by Gasteiger charge is 1.99. The van der Waals surface area contributed by atoms with Crippen LogP contribution in [0.2, 0.25) is 0 Å². The van der Waals surface area contributed by atoms with Crippen LogP contribution >= 0.6 is 17.0 Å². The lowest BCUT2D eigenvalue weighted by Crippen LogP contribution is -2.19. The summed E-state index contributed by atoms with van der Waals surface area (Å²) in [5, 5.41) is 0. The van der Waals surface area contributed by atoms with Crippen molar-refractivity contribution >= 4 is 17.0 Å². The van der Waals surface area contributed by atoms with Crippen molar-refractivity contribution in [1.29, 1.82) is 0 Å². The topological polar surface area (TPSA) is 12.5 Å². The minimum Gasteiger partial charge on any atom is -0.492 e. The van der Waals surface area contributed by atoms with E-state index >= 15 is 0 Å². The Hall–Kier alpha value is -1.32. The van der Waals surface area contributed by atoms with Crippen molar-refractivity contribution in [3.63, 3.8) is 0 Å². The predicted molar refractivity (Wildman–Crippen MR) is 86.2 cm³/mol. The molecule has 0 fully saturated rings. The fourth-order valence-electron chi connectivity index (χ4n) is 1.74. The number of ether oxygens (including phenoxy) is 1. The molecule has 0 unspecified atom stereocenters. The zero-order chi connectivity index (χ0) is 12.8. The number of halogens is 1. The van der Waals surface area contributed by atoms with E-state index in [-0.39, 0.29) is 17.0 Å². The van der Waals surface area contributed by atoms with E-state index in [1.807, 2.05) is 32.3 Å². The number of rotatable bonds is 5. The van der Waals surface area contributed by atoms with Gasteiger partial charge >= 0.3 is 0 Å². The van der Waals surface area contributed by atoms with E-state index in [1.165, 1.54) is 11.1 Å². The summed E-state index contributed by atoms with van der Waals surface area (Å²) in [6.45, 7) is 1.64. The Kier molecular flexibility index (Phi) is 6.60. The third-order valence-corrected chi connectivity index (χ3v) is 2.75. The molecule has 2 aromatic rings. The minimum absolute atomic E-state index is 0. The molecule has 0 saturated heterocycles. The van der Waals surface area contributed by atoms with E-state index in [2.05, 4.69) is 41.3 Å². The highest BCUT2D eigenvalue weighted by atomic mass is 79.9. The first-order valence-electron chi connectivity index (χ1n) is 6.19. The lowest BCUT2D eigenvalue weighted by Gasteiger charge is -2.11. The standard InChI is InChI=1S/C16H19NO.BrH/c1-17(2)11-12-18-16-10-6-9-15(13-16)14-7-4-3-5-8-14;/h3-10,13H,11-12H2,1-2H3;1H. The Labute approximate surface area is 125 Å². The molecule has 0 spiro atoms. The van der Waals surface area contributed by atoms with Gasteiger partial charge in [-0.1, -0.05) is 42.5 Å². The van der Waals surface area contributed by atoms with Crippen LogP contribution < -0.4 is 4.74 Å². The molecule has 0 aliphatic carbocycles. The van der Waals surface area contributed by atoms with Gasteiger partial charge < -0.3 is 9.64 Å². The number of hydrogen-bond donors (Lipinski definition) is 0. The van der Waals surface area contributed by atoms with Crippen molar-refractivity contribution in [2.24, 2.45) is 0 Å². The summed E-state index contributed by atoms with van der Waals surface area (Å²) < 4.78 is 5.74. The zero-order valence-corrected chi connectivity index (χ0v) is 13.1. The molecule has 102 valence electrons. The average molecular weight is 322 g/mol. The van der Waals surface area contributed by atoms with E-state index in [9.17, 15) is 0 Å². The van der Waals surface area contributed by atoms with E-state index in [0.29, 0.717) is 6.61 Å². The van der Waals surface area contributed by atoms with Crippen LogP contribution in [0.15, 0.2) is 54.6 Å². The van der Waals surface area contributed by atoms with E-state index in [4.69, 9.17) is 4.74 Å². The second-order valence-electron chi connectivity index (χ2n) is 4.55. The molecule has 0 bridgehead atoms. The maximum atomic E-state index is 5.74. The summed E-state index contributed by atoms with van der Waals surface area (Å²) >= 11 is 0. The van der Waals surface area contributed by atoms with Crippen molar-refractivity contribution in [3.8, 4) is 16.9 Å². The molecule has 0 amide bonds. The van der Waals surface area contributed by atoms with Crippen LogP contribution in [0.3, 0.4) is 0 Å². The third-order valence-electron chi connectivity index (χ3n) is 2.75. The number of hydrogen-bond acceptors (Lipinski definition) is 2. The average Bonchev–Trinajstić information content (AvgIpc) is 2.40. The largest absolute Gasteiger partial charge is 0.492 e. The highest BCUT2D eigenvalue weighted by Crippen LogP contribution is 2.23. The van der Waals surface area contributed by atoms with E-state index < -0.39 is 0 Å². The SMILES string of the molecule is Br.CN(C)CCOc1cccc(-c2ccccc2)c1. The van der Waals surface area contributed by atoms with Gasteiger partial charge in [0, 0.05) is 6.54 Å². The number of benzene rings is 2. The monoisotopic (exact) mass is 321 g/mol. The van der Waals surface area contributed by atoms with Crippen LogP contribution in [0.25, 0.3) is 11.1 Å². The molecule has 0 aromatic heterocycles. The molecule has 19 heavy (non-hydrogen) atoms. The first kappa shape index (κ1) is 15.7. The third kappa shape index (κ3) is 5.05. The van der Waals surface area contributed by atoms with Gasteiger partial charge in [0.25, 0.3) is 0 Å². The van der Waals surface area contributed by atoms with Gasteiger partial charge in [-0.2, -0.15) is 0 Å². The molecule has 0 heterocycles. The first-order valence-corrected chi connectivity index (χ1v) is 6.19. The fraction of sp³-hybridized carbons (Fsp3) is 0.250. The quantitative estimate of drug-likeness (QED) is 0.828. The minimum atomic E-state index is 0. The van der Waals surface area contributed by atoms with E-state index in [1.54, 1.807) is 0 Å². The van der Waals surface area contributed by atoms with Crippen LogP contribution in [-0.2, 0) is 0 Å². The Bertz CT molecular complexity index is 485. The molecule has 0 aliphatic heterocycles. The second kappa shape index (κ2) is 7.97. The van der Waals surface area contributed by atoms with Gasteiger partial charge in [0.15, 0.2) is 0 Å². The van der Waals surface area contributed by atoms with Crippen molar-refractivity contribution < 1.29 is 4.74 Å². The zero-order valence-electron chi connectivity index (χ0n) is 11.4. The van der Waals surface area contributed by atoms with Crippen molar-refractivity contribution in [1.82, 2.24) is 4.90 Å². The Morgan fingerprint density at radius 1 is 0.895 bits per heavy atom. The molecule has 0 atom stereocenters.